The molecule has 5 nitrogen and oxygen atoms in total. The van der Waals surface area contributed by atoms with Gasteiger partial charge in [-0.1, -0.05) is 30.3 Å². The third-order valence-corrected chi connectivity index (χ3v) is 5.27. The van der Waals surface area contributed by atoms with Crippen molar-refractivity contribution in [1.82, 2.24) is 5.32 Å². The Morgan fingerprint density at radius 2 is 1.96 bits per heavy atom. The van der Waals surface area contributed by atoms with Crippen molar-refractivity contribution in [1.29, 1.82) is 0 Å². The standard InChI is InChI=1S/C22H28N2O3/c1-26-18-10-11-19(21(15-18)27-2)20-9-6-14-24(20)16-22(25)23-13-12-17-7-4-3-5-8-17/h3-5,7-8,10-11,15,20H,6,9,12-14,16H2,1-2H3,(H,23,25)/p+1/t20-/m0/s1. The molecule has 0 bridgehead atoms. The summed E-state index contributed by atoms with van der Waals surface area (Å²) in [5.41, 5.74) is 2.40. The molecule has 2 aromatic rings. The van der Waals surface area contributed by atoms with Crippen LogP contribution in [0.2, 0.25) is 0 Å². The van der Waals surface area contributed by atoms with E-state index in [2.05, 4.69) is 23.5 Å². The number of carbonyl (C=O) groups is 1. The van der Waals surface area contributed by atoms with Crippen LogP contribution in [0.1, 0.15) is 30.0 Å². The van der Waals surface area contributed by atoms with Crippen molar-refractivity contribution in [3.63, 3.8) is 0 Å². The summed E-state index contributed by atoms with van der Waals surface area (Å²) in [7, 11) is 3.34. The summed E-state index contributed by atoms with van der Waals surface area (Å²) in [6, 6.07) is 16.5. The highest BCUT2D eigenvalue weighted by molar-refractivity contribution is 5.76. The maximum atomic E-state index is 12.4. The number of likely N-dealkylation sites (tertiary alicyclic amines) is 1. The van der Waals surface area contributed by atoms with E-state index in [4.69, 9.17) is 9.47 Å². The van der Waals surface area contributed by atoms with Crippen molar-refractivity contribution in [2.24, 2.45) is 0 Å². The first kappa shape index (κ1) is 19.2. The molecule has 2 N–H and O–H groups in total. The lowest BCUT2D eigenvalue weighted by molar-refractivity contribution is -0.910. The van der Waals surface area contributed by atoms with Crippen molar-refractivity contribution in [2.75, 3.05) is 33.9 Å². The van der Waals surface area contributed by atoms with E-state index in [1.807, 2.05) is 30.3 Å². The Labute approximate surface area is 161 Å². The summed E-state index contributed by atoms with van der Waals surface area (Å²) in [6.07, 6.45) is 3.04. The zero-order valence-electron chi connectivity index (χ0n) is 16.2. The Morgan fingerprint density at radius 3 is 2.70 bits per heavy atom. The van der Waals surface area contributed by atoms with Crippen LogP contribution in [0.15, 0.2) is 48.5 Å². The molecule has 144 valence electrons. The summed E-state index contributed by atoms with van der Waals surface area (Å²) in [5.74, 6) is 1.73. The second-order valence-electron chi connectivity index (χ2n) is 6.97. The van der Waals surface area contributed by atoms with Crippen LogP contribution >= 0.6 is 0 Å². The van der Waals surface area contributed by atoms with Crippen molar-refractivity contribution in [2.45, 2.75) is 25.3 Å². The molecule has 5 heteroatoms. The van der Waals surface area contributed by atoms with Gasteiger partial charge < -0.3 is 19.7 Å². The molecule has 1 heterocycles. The van der Waals surface area contributed by atoms with Gasteiger partial charge in [0.05, 0.1) is 26.3 Å². The molecule has 0 aliphatic carbocycles. The van der Waals surface area contributed by atoms with Crippen molar-refractivity contribution >= 4 is 5.91 Å². The minimum atomic E-state index is 0.111. The average molecular weight is 369 g/mol. The molecule has 3 rings (SSSR count). The van der Waals surface area contributed by atoms with Crippen LogP contribution in [-0.2, 0) is 11.2 Å². The smallest absolute Gasteiger partial charge is 0.275 e. The van der Waals surface area contributed by atoms with Gasteiger partial charge in [-0.25, -0.2) is 0 Å². The number of carbonyl (C=O) groups excluding carboxylic acids is 1. The maximum Gasteiger partial charge on any atom is 0.275 e. The molecule has 1 unspecified atom stereocenters. The summed E-state index contributed by atoms with van der Waals surface area (Å²) < 4.78 is 10.9. The van der Waals surface area contributed by atoms with Crippen LogP contribution in [0.3, 0.4) is 0 Å². The SMILES string of the molecule is COc1ccc([C@@H]2CCC[NH+]2CC(=O)NCCc2ccccc2)c(OC)c1. The number of quaternary nitrogens is 1. The largest absolute Gasteiger partial charge is 0.497 e. The molecule has 1 fully saturated rings. The van der Waals surface area contributed by atoms with E-state index >= 15 is 0 Å². The van der Waals surface area contributed by atoms with Gasteiger partial charge in [0, 0.05) is 25.5 Å². The van der Waals surface area contributed by atoms with Gasteiger partial charge in [0.25, 0.3) is 5.91 Å². The van der Waals surface area contributed by atoms with Gasteiger partial charge in [-0.15, -0.1) is 0 Å². The van der Waals surface area contributed by atoms with E-state index in [0.29, 0.717) is 13.1 Å². The van der Waals surface area contributed by atoms with E-state index < -0.39 is 0 Å². The molecular formula is C22H29N2O3+. The molecule has 2 atom stereocenters. The quantitative estimate of drug-likeness (QED) is 0.746. The van der Waals surface area contributed by atoms with Crippen molar-refractivity contribution < 1.29 is 19.2 Å². The van der Waals surface area contributed by atoms with Gasteiger partial charge in [-0.2, -0.15) is 0 Å². The molecule has 1 amide bonds. The highest BCUT2D eigenvalue weighted by Gasteiger charge is 2.33. The lowest BCUT2D eigenvalue weighted by Gasteiger charge is -2.23. The zero-order chi connectivity index (χ0) is 19.1. The number of nitrogens with one attached hydrogen (secondary N) is 2. The summed E-state index contributed by atoms with van der Waals surface area (Å²) in [5, 5.41) is 3.07. The number of rotatable bonds is 8. The van der Waals surface area contributed by atoms with E-state index in [1.54, 1.807) is 14.2 Å². The second-order valence-corrected chi connectivity index (χ2v) is 6.97. The van der Waals surface area contributed by atoms with Gasteiger partial charge in [-0.3, -0.25) is 4.79 Å². The number of benzene rings is 2. The van der Waals surface area contributed by atoms with Crippen LogP contribution in [-0.4, -0.2) is 39.8 Å². The second kappa shape index (κ2) is 9.42. The maximum absolute atomic E-state index is 12.4. The predicted octanol–water partition coefficient (Wildman–Crippen LogP) is 1.78. The van der Waals surface area contributed by atoms with Gasteiger partial charge in [0.2, 0.25) is 0 Å². The topological polar surface area (TPSA) is 52.0 Å². The average Bonchev–Trinajstić information content (AvgIpc) is 3.16. The molecule has 0 radical (unpaired) electrons. The molecule has 1 saturated heterocycles. The van der Waals surface area contributed by atoms with Crippen LogP contribution in [0.5, 0.6) is 11.5 Å². The number of hydrogen-bond donors (Lipinski definition) is 2. The van der Waals surface area contributed by atoms with E-state index in [-0.39, 0.29) is 11.9 Å². The monoisotopic (exact) mass is 369 g/mol. The lowest BCUT2D eigenvalue weighted by Crippen LogP contribution is -3.11. The van der Waals surface area contributed by atoms with E-state index in [0.717, 1.165) is 42.9 Å². The first-order valence-corrected chi connectivity index (χ1v) is 9.58. The fraction of sp³-hybridized carbons (Fsp3) is 0.409. The molecule has 1 aliphatic heterocycles. The molecule has 2 aromatic carbocycles. The van der Waals surface area contributed by atoms with Crippen molar-refractivity contribution in [3.05, 3.63) is 59.7 Å². The Balaban J connectivity index is 1.57. The Kier molecular flexibility index (Phi) is 6.71. The molecule has 27 heavy (non-hydrogen) atoms. The third-order valence-electron chi connectivity index (χ3n) is 5.27. The number of hydrogen-bond acceptors (Lipinski definition) is 3. The van der Waals surface area contributed by atoms with Gasteiger partial charge >= 0.3 is 0 Å². The lowest BCUT2D eigenvalue weighted by atomic mass is 10.0. The van der Waals surface area contributed by atoms with Gasteiger partial charge in [-0.05, 0) is 24.1 Å². The molecule has 1 aliphatic rings. The van der Waals surface area contributed by atoms with Crippen LogP contribution in [0, 0.1) is 0 Å². The summed E-state index contributed by atoms with van der Waals surface area (Å²) in [4.78, 5) is 13.7. The fourth-order valence-corrected chi connectivity index (χ4v) is 3.86. The van der Waals surface area contributed by atoms with E-state index in [1.165, 1.54) is 10.5 Å². The highest BCUT2D eigenvalue weighted by atomic mass is 16.5. The van der Waals surface area contributed by atoms with E-state index in [9.17, 15) is 4.79 Å². The molecule has 0 aromatic heterocycles. The Morgan fingerprint density at radius 1 is 1.15 bits per heavy atom. The zero-order valence-corrected chi connectivity index (χ0v) is 16.2. The number of methoxy groups -OCH3 is 2. The Hall–Kier alpha value is -2.53. The highest BCUT2D eigenvalue weighted by Crippen LogP contribution is 2.31. The molecular weight excluding hydrogens is 340 g/mol. The normalized spacial score (nSPS) is 18.9. The van der Waals surface area contributed by atoms with Crippen molar-refractivity contribution in [3.8, 4) is 11.5 Å². The number of ether oxygens (including phenoxy) is 2. The van der Waals surface area contributed by atoms with Gasteiger partial charge in [0.15, 0.2) is 6.54 Å². The number of amides is 1. The van der Waals surface area contributed by atoms with Crippen LogP contribution in [0.4, 0.5) is 0 Å². The minimum Gasteiger partial charge on any atom is -0.497 e. The van der Waals surface area contributed by atoms with Gasteiger partial charge in [0.1, 0.15) is 17.5 Å². The Bertz CT molecular complexity index is 748. The third kappa shape index (κ3) is 5.01. The predicted molar refractivity (Wildman–Crippen MR) is 105 cm³/mol. The summed E-state index contributed by atoms with van der Waals surface area (Å²) >= 11 is 0. The first-order chi connectivity index (χ1) is 13.2. The fourth-order valence-electron chi connectivity index (χ4n) is 3.86. The first-order valence-electron chi connectivity index (χ1n) is 9.58. The molecule has 0 saturated carbocycles. The van der Waals surface area contributed by atoms with Crippen LogP contribution in [0.25, 0.3) is 0 Å². The minimum absolute atomic E-state index is 0.111. The summed E-state index contributed by atoms with van der Waals surface area (Å²) in [6.45, 7) is 2.17. The molecule has 0 spiro atoms. The van der Waals surface area contributed by atoms with Crippen LogP contribution < -0.4 is 19.7 Å².